The number of fused-ring (bicyclic) bond motifs is 3. The quantitative estimate of drug-likeness (QED) is 0.318. The molecule has 11 nitrogen and oxygen atoms in total. The van der Waals surface area contributed by atoms with Gasteiger partial charge in [-0.15, -0.1) is 10.2 Å². The fourth-order valence-corrected chi connectivity index (χ4v) is 9.46. The highest BCUT2D eigenvalue weighted by atomic mass is 32.2. The van der Waals surface area contributed by atoms with Crippen LogP contribution >= 0.6 is 0 Å². The second-order valence-corrected chi connectivity index (χ2v) is 14.5. The van der Waals surface area contributed by atoms with E-state index in [4.69, 9.17) is 0 Å². The van der Waals surface area contributed by atoms with E-state index >= 15 is 0 Å². The molecule has 0 spiro atoms. The summed E-state index contributed by atoms with van der Waals surface area (Å²) in [6.07, 6.45) is 4.79. The van der Waals surface area contributed by atoms with Crippen LogP contribution in [0.1, 0.15) is 56.3 Å². The Morgan fingerprint density at radius 2 is 1.90 bits per heavy atom. The van der Waals surface area contributed by atoms with Crippen molar-refractivity contribution in [1.82, 2.24) is 28.9 Å². The summed E-state index contributed by atoms with van der Waals surface area (Å²) in [5.74, 6) is 0.477. The van der Waals surface area contributed by atoms with Gasteiger partial charge in [0.05, 0.1) is 21.7 Å². The predicted molar refractivity (Wildman–Crippen MR) is 143 cm³/mol. The van der Waals surface area contributed by atoms with Crippen molar-refractivity contribution in [3.8, 4) is 6.07 Å². The fourth-order valence-electron chi connectivity index (χ4n) is 5.98. The Hall–Kier alpha value is -3.34. The second kappa shape index (κ2) is 9.39. The van der Waals surface area contributed by atoms with Crippen molar-refractivity contribution in [1.29, 1.82) is 5.26 Å². The third-order valence-electron chi connectivity index (χ3n) is 8.11. The zero-order valence-electron chi connectivity index (χ0n) is 21.6. The number of rotatable bonds is 8. The number of aryl methyl sites for hydroxylation is 1. The Morgan fingerprint density at radius 1 is 1.13 bits per heavy atom. The van der Waals surface area contributed by atoms with Crippen LogP contribution in [0.4, 0.5) is 0 Å². The van der Waals surface area contributed by atoms with Gasteiger partial charge >= 0.3 is 0 Å². The second-order valence-electron chi connectivity index (χ2n) is 10.5. The van der Waals surface area contributed by atoms with E-state index in [0.29, 0.717) is 48.2 Å². The normalized spacial score (nSPS) is 22.2. The molecular weight excluding hydrogens is 538 g/mol. The molecule has 1 N–H and O–H groups in total. The molecule has 204 valence electrons. The molecule has 0 bridgehead atoms. The number of benzene rings is 1. The zero-order valence-corrected chi connectivity index (χ0v) is 23.3. The smallest absolute Gasteiger partial charge is 0.228 e. The zero-order chi connectivity index (χ0) is 27.5. The Balaban J connectivity index is 1.48. The first-order valence-corrected chi connectivity index (χ1v) is 16.1. The molecule has 1 aromatic carbocycles. The third kappa shape index (κ3) is 4.13. The van der Waals surface area contributed by atoms with E-state index in [0.717, 1.165) is 6.42 Å². The molecule has 0 amide bonds. The Kier molecular flexibility index (Phi) is 6.24. The molecule has 0 unspecified atom stereocenters. The van der Waals surface area contributed by atoms with Gasteiger partial charge in [0.1, 0.15) is 12.4 Å². The molecule has 2 fully saturated rings. The lowest BCUT2D eigenvalue weighted by molar-refractivity contribution is 0.339. The number of hydrogen-bond acceptors (Lipinski definition) is 8. The summed E-state index contributed by atoms with van der Waals surface area (Å²) in [6.45, 7) is 3.60. The summed E-state index contributed by atoms with van der Waals surface area (Å²) >= 11 is 0. The Morgan fingerprint density at radius 3 is 2.59 bits per heavy atom. The lowest BCUT2D eigenvalue weighted by Crippen LogP contribution is -2.41. The summed E-state index contributed by atoms with van der Waals surface area (Å²) in [7, 11) is -7.58. The summed E-state index contributed by atoms with van der Waals surface area (Å²) < 4.78 is 57.2. The minimum absolute atomic E-state index is 0.0802. The van der Waals surface area contributed by atoms with Gasteiger partial charge in [-0.1, -0.05) is 31.5 Å². The van der Waals surface area contributed by atoms with Gasteiger partial charge in [-0.05, 0) is 56.2 Å². The minimum atomic E-state index is -4.03. The maximum absolute atomic E-state index is 13.8. The fraction of sp³-hybridized carbons (Fsp3) is 0.462. The van der Waals surface area contributed by atoms with Crippen LogP contribution in [-0.2, 0) is 19.9 Å². The lowest BCUT2D eigenvalue weighted by atomic mass is 9.93. The maximum Gasteiger partial charge on any atom is 0.228 e. The maximum atomic E-state index is 13.8. The lowest BCUT2D eigenvalue weighted by Gasteiger charge is -2.26. The molecule has 13 heteroatoms. The molecule has 39 heavy (non-hydrogen) atoms. The average Bonchev–Trinajstić information content (AvgIpc) is 3.32. The number of nitriles is 1. The average molecular weight is 568 g/mol. The van der Waals surface area contributed by atoms with E-state index in [1.807, 2.05) is 6.07 Å². The molecule has 0 aliphatic heterocycles. The number of hydrogen-bond donors (Lipinski definition) is 1. The van der Waals surface area contributed by atoms with Crippen molar-refractivity contribution in [3.63, 3.8) is 0 Å². The first-order chi connectivity index (χ1) is 18.7. The van der Waals surface area contributed by atoms with Gasteiger partial charge in [-0.3, -0.25) is 4.40 Å². The summed E-state index contributed by atoms with van der Waals surface area (Å²) in [4.78, 5) is 7.65. The van der Waals surface area contributed by atoms with E-state index in [-0.39, 0.29) is 40.0 Å². The third-order valence-corrected chi connectivity index (χ3v) is 12.3. The molecule has 0 radical (unpaired) electrons. The van der Waals surface area contributed by atoms with Gasteiger partial charge in [0.25, 0.3) is 0 Å². The first-order valence-electron chi connectivity index (χ1n) is 13.1. The first kappa shape index (κ1) is 25.9. The highest BCUT2D eigenvalue weighted by molar-refractivity contribution is 7.91. The number of aromatic amines is 1. The van der Waals surface area contributed by atoms with Crippen molar-refractivity contribution in [3.05, 3.63) is 47.9 Å². The van der Waals surface area contributed by atoms with Gasteiger partial charge < -0.3 is 4.98 Å². The summed E-state index contributed by atoms with van der Waals surface area (Å²) in [6, 6.07) is 10.3. The van der Waals surface area contributed by atoms with Gasteiger partial charge in [0, 0.05) is 18.2 Å². The van der Waals surface area contributed by atoms with Crippen LogP contribution in [0.5, 0.6) is 0 Å². The van der Waals surface area contributed by atoms with E-state index in [1.165, 1.54) is 4.31 Å². The minimum Gasteiger partial charge on any atom is -0.345 e. The van der Waals surface area contributed by atoms with Gasteiger partial charge in [0.2, 0.25) is 24.9 Å². The summed E-state index contributed by atoms with van der Waals surface area (Å²) in [5, 5.41) is 17.7. The molecule has 3 heterocycles. The SMILES string of the molecule is CC[C@@H]1C[C@H](N(CC#N)S(=O)(=O)C2CC2)C[C@@H]1c1nnc2c(S(=O)(=O)c3ccccc3C)nc3[nH]ccc3n12. The predicted octanol–water partition coefficient (Wildman–Crippen LogP) is 3.34. The number of nitrogens with zero attached hydrogens (tertiary/aromatic N) is 6. The molecular formula is C26H29N7O4S2. The molecule has 2 aliphatic rings. The highest BCUT2D eigenvalue weighted by Gasteiger charge is 2.47. The number of aromatic nitrogens is 5. The molecule has 3 atom stereocenters. The topological polar surface area (TPSA) is 154 Å². The summed E-state index contributed by atoms with van der Waals surface area (Å²) in [5.41, 5.74) is 1.77. The van der Waals surface area contributed by atoms with Gasteiger partial charge in [-0.2, -0.15) is 9.57 Å². The van der Waals surface area contributed by atoms with E-state index in [2.05, 4.69) is 27.1 Å². The molecule has 2 aliphatic carbocycles. The van der Waals surface area contributed by atoms with Crippen LogP contribution in [0, 0.1) is 24.2 Å². The largest absolute Gasteiger partial charge is 0.345 e. The molecule has 0 saturated heterocycles. The van der Waals surface area contributed by atoms with Crippen molar-refractivity contribution in [2.45, 2.75) is 73.1 Å². The molecule has 3 aromatic heterocycles. The van der Waals surface area contributed by atoms with Gasteiger partial charge in [-0.25, -0.2) is 21.8 Å². The molecule has 4 aromatic rings. The Labute approximate surface area is 226 Å². The van der Waals surface area contributed by atoms with Crippen molar-refractivity contribution >= 4 is 36.7 Å². The van der Waals surface area contributed by atoms with Crippen LogP contribution in [0.25, 0.3) is 16.8 Å². The molecule has 2 saturated carbocycles. The van der Waals surface area contributed by atoms with Crippen molar-refractivity contribution in [2.24, 2.45) is 5.92 Å². The number of sulfone groups is 1. The van der Waals surface area contributed by atoms with E-state index < -0.39 is 25.1 Å². The van der Waals surface area contributed by atoms with Crippen LogP contribution in [0.15, 0.2) is 46.5 Å². The Bertz CT molecular complexity index is 1830. The standard InChI is InChI=1S/C26H29N7O4S2/c1-3-17-14-18(32(13-11-27)39(36,37)19-8-9-19)15-20(17)24-30-31-25-26(29-23-21(33(24)25)10-12-28-23)38(34,35)22-7-5-4-6-16(22)2/h4-7,10,12,17-20,28H,3,8-9,13-15H2,1-2H3/t17-,18+,20+/m1/s1. The number of H-pyrrole nitrogens is 1. The number of nitrogens with one attached hydrogen (secondary N) is 1. The van der Waals surface area contributed by atoms with Crippen molar-refractivity contribution in [2.75, 3.05) is 6.54 Å². The van der Waals surface area contributed by atoms with Crippen molar-refractivity contribution < 1.29 is 16.8 Å². The van der Waals surface area contributed by atoms with E-state index in [9.17, 15) is 22.1 Å². The van der Waals surface area contributed by atoms with Crippen LogP contribution in [0.2, 0.25) is 0 Å². The van der Waals surface area contributed by atoms with Crippen LogP contribution in [-0.4, -0.2) is 63.5 Å². The highest BCUT2D eigenvalue weighted by Crippen LogP contribution is 2.45. The van der Waals surface area contributed by atoms with Crippen LogP contribution in [0.3, 0.4) is 0 Å². The monoisotopic (exact) mass is 567 g/mol. The number of sulfonamides is 1. The van der Waals surface area contributed by atoms with Gasteiger partial charge in [0.15, 0.2) is 11.3 Å². The molecule has 6 rings (SSSR count). The van der Waals surface area contributed by atoms with Crippen LogP contribution < -0.4 is 0 Å². The van der Waals surface area contributed by atoms with E-state index in [1.54, 1.807) is 47.9 Å².